The van der Waals surface area contributed by atoms with E-state index < -0.39 is 9.84 Å². The summed E-state index contributed by atoms with van der Waals surface area (Å²) in [4.78, 5) is 12.1. The van der Waals surface area contributed by atoms with E-state index in [-0.39, 0.29) is 34.0 Å². The Hall–Kier alpha value is -1.08. The van der Waals surface area contributed by atoms with Gasteiger partial charge in [-0.1, -0.05) is 25.4 Å². The summed E-state index contributed by atoms with van der Waals surface area (Å²) in [6.07, 6.45) is 2.85. The van der Waals surface area contributed by atoms with Crippen LogP contribution in [0.5, 0.6) is 0 Å². The summed E-state index contributed by atoms with van der Waals surface area (Å²) < 4.78 is 24.6. The molecule has 0 spiro atoms. The fourth-order valence-electron chi connectivity index (χ4n) is 2.40. The number of nitrogens with one attached hydrogen (secondary N) is 1. The van der Waals surface area contributed by atoms with Gasteiger partial charge in [0.25, 0.3) is 5.56 Å². The second kappa shape index (κ2) is 6.36. The zero-order valence-electron chi connectivity index (χ0n) is 12.2. The Labute approximate surface area is 129 Å². The van der Waals surface area contributed by atoms with Crippen molar-refractivity contribution in [2.24, 2.45) is 5.92 Å². The Morgan fingerprint density at radius 1 is 1.52 bits per heavy atom. The minimum absolute atomic E-state index is 0.0635. The summed E-state index contributed by atoms with van der Waals surface area (Å²) in [5.41, 5.74) is 0.0535. The maximum Gasteiger partial charge on any atom is 0.287 e. The maximum absolute atomic E-state index is 12.1. The first-order chi connectivity index (χ1) is 9.78. The predicted octanol–water partition coefficient (Wildman–Crippen LogP) is 1.54. The molecule has 1 fully saturated rings. The minimum Gasteiger partial charge on any atom is -0.379 e. The van der Waals surface area contributed by atoms with Crippen molar-refractivity contribution < 1.29 is 8.42 Å². The molecule has 1 aliphatic heterocycles. The van der Waals surface area contributed by atoms with Crippen LogP contribution in [0.2, 0.25) is 5.02 Å². The van der Waals surface area contributed by atoms with Crippen LogP contribution in [0.4, 0.5) is 5.69 Å². The average molecular weight is 334 g/mol. The van der Waals surface area contributed by atoms with Gasteiger partial charge in [-0.2, -0.15) is 5.10 Å². The molecule has 0 saturated carbocycles. The third-order valence-electron chi connectivity index (χ3n) is 3.35. The summed E-state index contributed by atoms with van der Waals surface area (Å²) in [6, 6.07) is -0.219. The summed E-state index contributed by atoms with van der Waals surface area (Å²) in [5, 5.41) is 7.19. The lowest BCUT2D eigenvalue weighted by molar-refractivity contribution is 0.464. The van der Waals surface area contributed by atoms with Crippen molar-refractivity contribution in [1.29, 1.82) is 0 Å². The Bertz CT molecular complexity index is 670. The van der Waals surface area contributed by atoms with Crippen molar-refractivity contribution in [3.05, 3.63) is 21.6 Å². The van der Waals surface area contributed by atoms with Crippen LogP contribution in [0, 0.1) is 5.92 Å². The van der Waals surface area contributed by atoms with Gasteiger partial charge in [-0.15, -0.1) is 0 Å². The van der Waals surface area contributed by atoms with Crippen LogP contribution in [-0.4, -0.2) is 35.7 Å². The van der Waals surface area contributed by atoms with Crippen LogP contribution in [0.1, 0.15) is 26.7 Å². The topological polar surface area (TPSA) is 81.1 Å². The number of halogens is 1. The van der Waals surface area contributed by atoms with Crippen molar-refractivity contribution in [1.82, 2.24) is 9.78 Å². The third-order valence-corrected chi connectivity index (χ3v) is 5.53. The number of aromatic nitrogens is 2. The lowest BCUT2D eigenvalue weighted by Gasteiger charge is -2.24. The van der Waals surface area contributed by atoms with Gasteiger partial charge >= 0.3 is 0 Å². The number of sulfone groups is 1. The highest BCUT2D eigenvalue weighted by Crippen LogP contribution is 2.21. The van der Waals surface area contributed by atoms with E-state index in [0.717, 1.165) is 6.42 Å². The monoisotopic (exact) mass is 333 g/mol. The van der Waals surface area contributed by atoms with Gasteiger partial charge in [-0.3, -0.25) is 4.79 Å². The standard InChI is InChI=1S/C13H20ClN3O3S/c1-9(2)7-17-13(18)12(14)11(6-15-17)16-10-4-3-5-21(19,20)8-10/h6,9-10,16H,3-5,7-8H2,1-2H3. The highest BCUT2D eigenvalue weighted by atomic mass is 35.5. The molecule has 8 heteroatoms. The zero-order valence-corrected chi connectivity index (χ0v) is 13.7. The summed E-state index contributed by atoms with van der Waals surface area (Å²) in [6.45, 7) is 4.47. The molecule has 2 rings (SSSR count). The molecule has 1 aromatic rings. The molecule has 1 aromatic heterocycles. The zero-order chi connectivity index (χ0) is 15.6. The van der Waals surface area contributed by atoms with Crippen LogP contribution in [0.3, 0.4) is 0 Å². The van der Waals surface area contributed by atoms with Crippen LogP contribution < -0.4 is 10.9 Å². The summed E-state index contributed by atoms with van der Waals surface area (Å²) >= 11 is 6.09. The lowest BCUT2D eigenvalue weighted by atomic mass is 10.2. The lowest BCUT2D eigenvalue weighted by Crippen LogP contribution is -2.36. The van der Waals surface area contributed by atoms with Gasteiger partial charge in [0.15, 0.2) is 9.84 Å². The third kappa shape index (κ3) is 4.20. The fraction of sp³-hybridized carbons (Fsp3) is 0.692. The van der Waals surface area contributed by atoms with E-state index in [1.807, 2.05) is 13.8 Å². The number of anilines is 1. The van der Waals surface area contributed by atoms with Gasteiger partial charge in [-0.25, -0.2) is 13.1 Å². The molecule has 0 aliphatic carbocycles. The van der Waals surface area contributed by atoms with E-state index in [9.17, 15) is 13.2 Å². The first kappa shape index (κ1) is 16.3. The molecule has 0 bridgehead atoms. The molecule has 0 radical (unpaired) electrons. The van der Waals surface area contributed by atoms with E-state index in [1.165, 1.54) is 10.9 Å². The number of hydrogen-bond donors (Lipinski definition) is 1. The Balaban J connectivity index is 2.18. The highest BCUT2D eigenvalue weighted by Gasteiger charge is 2.25. The van der Waals surface area contributed by atoms with Gasteiger partial charge in [0.2, 0.25) is 0 Å². The minimum atomic E-state index is -3.01. The van der Waals surface area contributed by atoms with Gasteiger partial charge < -0.3 is 5.32 Å². The highest BCUT2D eigenvalue weighted by molar-refractivity contribution is 7.91. The largest absolute Gasteiger partial charge is 0.379 e. The molecule has 1 N–H and O–H groups in total. The SMILES string of the molecule is CC(C)Cn1ncc(NC2CCCS(=O)(=O)C2)c(Cl)c1=O. The van der Waals surface area contributed by atoms with Crippen LogP contribution in [0.15, 0.2) is 11.0 Å². The number of nitrogens with zero attached hydrogens (tertiary/aromatic N) is 2. The summed E-state index contributed by atoms with van der Waals surface area (Å²) in [5.74, 6) is 0.583. The van der Waals surface area contributed by atoms with Crippen molar-refractivity contribution in [3.8, 4) is 0 Å². The fourth-order valence-corrected chi connectivity index (χ4v) is 4.24. The maximum atomic E-state index is 12.1. The van der Waals surface area contributed by atoms with Crippen LogP contribution in [-0.2, 0) is 16.4 Å². The molecule has 21 heavy (non-hydrogen) atoms. The van der Waals surface area contributed by atoms with E-state index in [2.05, 4.69) is 10.4 Å². The molecular formula is C13H20ClN3O3S. The predicted molar refractivity (Wildman–Crippen MR) is 83.6 cm³/mol. The van der Waals surface area contributed by atoms with E-state index in [4.69, 9.17) is 11.6 Å². The Morgan fingerprint density at radius 2 is 2.24 bits per heavy atom. The van der Waals surface area contributed by atoms with E-state index >= 15 is 0 Å². The molecule has 1 atom stereocenters. The number of rotatable bonds is 4. The second-order valence-corrected chi connectivity index (χ2v) is 8.46. The molecule has 118 valence electrons. The molecule has 1 aliphatic rings. The quantitative estimate of drug-likeness (QED) is 0.904. The molecule has 0 amide bonds. The first-order valence-electron chi connectivity index (χ1n) is 7.01. The molecule has 1 unspecified atom stereocenters. The first-order valence-corrected chi connectivity index (χ1v) is 9.21. The normalized spacial score (nSPS) is 21.4. The van der Waals surface area contributed by atoms with E-state index in [1.54, 1.807) is 0 Å². The molecular weight excluding hydrogens is 314 g/mol. The van der Waals surface area contributed by atoms with Crippen LogP contribution >= 0.6 is 11.6 Å². The van der Waals surface area contributed by atoms with Gasteiger partial charge in [0, 0.05) is 12.6 Å². The molecule has 6 nitrogen and oxygen atoms in total. The van der Waals surface area contributed by atoms with Crippen molar-refractivity contribution in [3.63, 3.8) is 0 Å². The van der Waals surface area contributed by atoms with Crippen LogP contribution in [0.25, 0.3) is 0 Å². The van der Waals surface area contributed by atoms with E-state index in [0.29, 0.717) is 18.7 Å². The van der Waals surface area contributed by atoms with Gasteiger partial charge in [-0.05, 0) is 18.8 Å². The van der Waals surface area contributed by atoms with Gasteiger partial charge in [0.05, 0.1) is 23.4 Å². The second-order valence-electron chi connectivity index (χ2n) is 5.85. The molecule has 0 aromatic carbocycles. The Kier molecular flexibility index (Phi) is 4.93. The smallest absolute Gasteiger partial charge is 0.287 e. The van der Waals surface area contributed by atoms with Crippen molar-refractivity contribution >= 4 is 27.1 Å². The molecule has 2 heterocycles. The Morgan fingerprint density at radius 3 is 2.86 bits per heavy atom. The summed E-state index contributed by atoms with van der Waals surface area (Å²) in [7, 11) is -3.01. The van der Waals surface area contributed by atoms with Crippen molar-refractivity contribution in [2.75, 3.05) is 16.8 Å². The van der Waals surface area contributed by atoms with Crippen molar-refractivity contribution in [2.45, 2.75) is 39.3 Å². The molecule has 1 saturated heterocycles. The van der Waals surface area contributed by atoms with Gasteiger partial charge in [0.1, 0.15) is 5.02 Å². The number of hydrogen-bond acceptors (Lipinski definition) is 5. The average Bonchev–Trinajstić information content (AvgIpc) is 2.37.